The topological polar surface area (TPSA) is 182 Å². The Labute approximate surface area is 116 Å². The fourth-order valence-corrected chi connectivity index (χ4v) is 1.28. The van der Waals surface area contributed by atoms with Gasteiger partial charge in [0.25, 0.3) is 11.8 Å². The highest BCUT2D eigenvalue weighted by Crippen LogP contribution is 2.19. The van der Waals surface area contributed by atoms with E-state index in [9.17, 15) is 34.2 Å². The molecule has 0 atom stereocenters. The summed E-state index contributed by atoms with van der Waals surface area (Å²) in [7, 11) is 0. The molecule has 0 fully saturated rings. The third-order valence-corrected chi connectivity index (χ3v) is 2.10. The molecule has 4 N–H and O–H groups in total. The van der Waals surface area contributed by atoms with E-state index >= 15 is 0 Å². The van der Waals surface area contributed by atoms with E-state index in [0.29, 0.717) is 0 Å². The second-order valence-electron chi connectivity index (χ2n) is 3.65. The Kier molecular flexibility index (Phi) is 4.57. The number of aliphatic carboxylic acids is 2. The van der Waals surface area contributed by atoms with Crippen LogP contribution < -0.4 is 26.6 Å². The van der Waals surface area contributed by atoms with Crippen molar-refractivity contribution in [1.29, 1.82) is 0 Å². The highest BCUT2D eigenvalue weighted by Gasteiger charge is 2.11. The number of nitrogens with two attached hydrogens (primary N) is 1. The van der Waals surface area contributed by atoms with Gasteiger partial charge in [0, 0.05) is 16.9 Å². The van der Waals surface area contributed by atoms with Gasteiger partial charge in [-0.25, -0.2) is 0 Å². The van der Waals surface area contributed by atoms with Crippen LogP contribution in [0.4, 0.5) is 11.4 Å². The molecular formula is C11H7N3O7-2. The first kappa shape index (κ1) is 15.6. The van der Waals surface area contributed by atoms with Crippen LogP contribution >= 0.6 is 0 Å². The lowest BCUT2D eigenvalue weighted by molar-refractivity contribution is -0.300. The number of nitrogens with one attached hydrogen (secondary N) is 2. The Morgan fingerprint density at radius 3 is 1.48 bits per heavy atom. The van der Waals surface area contributed by atoms with Gasteiger partial charge in [0.15, 0.2) is 0 Å². The molecule has 0 saturated heterocycles. The molecule has 0 aliphatic heterocycles. The maximum atomic E-state index is 11.1. The van der Waals surface area contributed by atoms with E-state index in [1.165, 1.54) is 0 Å². The number of anilines is 2. The molecule has 1 aromatic carbocycles. The normalized spacial score (nSPS) is 9.52. The van der Waals surface area contributed by atoms with Gasteiger partial charge in [-0.2, -0.15) is 0 Å². The molecule has 0 saturated carbocycles. The summed E-state index contributed by atoms with van der Waals surface area (Å²) in [5, 5.41) is 24.3. The molecule has 10 heteroatoms. The molecule has 1 aromatic rings. The lowest BCUT2D eigenvalue weighted by Gasteiger charge is -2.11. The van der Waals surface area contributed by atoms with Gasteiger partial charge in [0.05, 0.1) is 0 Å². The molecule has 110 valence electrons. The molecule has 0 bridgehead atoms. The van der Waals surface area contributed by atoms with Crippen molar-refractivity contribution in [1.82, 2.24) is 0 Å². The molecule has 0 heterocycles. The van der Waals surface area contributed by atoms with Crippen molar-refractivity contribution in [3.05, 3.63) is 23.8 Å². The zero-order valence-electron chi connectivity index (χ0n) is 10.2. The number of primary amides is 1. The Hall–Kier alpha value is -3.43. The number of carbonyl (C=O) groups excluding carboxylic acids is 5. The van der Waals surface area contributed by atoms with Gasteiger partial charge in [-0.15, -0.1) is 0 Å². The van der Waals surface area contributed by atoms with Crippen molar-refractivity contribution < 1.29 is 34.2 Å². The maximum Gasteiger partial charge on any atom is 0.271 e. The van der Waals surface area contributed by atoms with Crippen LogP contribution in [0, 0.1) is 0 Å². The molecule has 0 aliphatic rings. The summed E-state index contributed by atoms with van der Waals surface area (Å²) < 4.78 is 0. The molecule has 0 aliphatic carbocycles. The van der Waals surface area contributed by atoms with Gasteiger partial charge in [0.1, 0.15) is 11.9 Å². The number of carboxylic acid groups (broad SMARTS) is 2. The number of amides is 3. The number of carboxylic acids is 2. The van der Waals surface area contributed by atoms with Gasteiger partial charge in [-0.05, 0) is 18.2 Å². The minimum absolute atomic E-state index is 0.209. The Morgan fingerprint density at radius 2 is 1.19 bits per heavy atom. The van der Waals surface area contributed by atoms with Gasteiger partial charge in [0.2, 0.25) is 5.91 Å². The molecule has 3 amide bonds. The molecule has 0 spiro atoms. The molecule has 0 unspecified atom stereocenters. The molecule has 10 nitrogen and oxygen atoms in total. The van der Waals surface area contributed by atoms with Crippen LogP contribution in [0.15, 0.2) is 18.2 Å². The van der Waals surface area contributed by atoms with Crippen LogP contribution in [-0.4, -0.2) is 29.7 Å². The van der Waals surface area contributed by atoms with Gasteiger partial charge >= 0.3 is 0 Å². The van der Waals surface area contributed by atoms with E-state index in [1.54, 1.807) is 0 Å². The van der Waals surface area contributed by atoms with Crippen LogP contribution in [0.2, 0.25) is 0 Å². The number of hydrogen-bond donors (Lipinski definition) is 3. The van der Waals surface area contributed by atoms with E-state index in [4.69, 9.17) is 5.73 Å². The first-order valence-electron chi connectivity index (χ1n) is 5.20. The minimum Gasteiger partial charge on any atom is -0.540 e. The van der Waals surface area contributed by atoms with E-state index in [0.717, 1.165) is 18.2 Å². The largest absolute Gasteiger partial charge is 0.540 e. The summed E-state index contributed by atoms with van der Waals surface area (Å²) in [6.45, 7) is 0. The highest BCUT2D eigenvalue weighted by molar-refractivity contribution is 6.36. The summed E-state index contributed by atoms with van der Waals surface area (Å²) in [5.41, 5.74) is 4.38. The molecule has 0 aromatic heterocycles. The van der Waals surface area contributed by atoms with Crippen LogP contribution in [0.3, 0.4) is 0 Å². The van der Waals surface area contributed by atoms with Crippen LogP contribution in [0.5, 0.6) is 0 Å². The fourth-order valence-electron chi connectivity index (χ4n) is 1.28. The molecular weight excluding hydrogens is 286 g/mol. The summed E-state index contributed by atoms with van der Waals surface area (Å²) >= 11 is 0. The summed E-state index contributed by atoms with van der Waals surface area (Å²) in [6.07, 6.45) is 0. The van der Waals surface area contributed by atoms with Crippen molar-refractivity contribution in [2.75, 3.05) is 10.6 Å². The van der Waals surface area contributed by atoms with E-state index in [-0.39, 0.29) is 16.9 Å². The monoisotopic (exact) mass is 293 g/mol. The van der Waals surface area contributed by atoms with Crippen molar-refractivity contribution in [2.24, 2.45) is 5.73 Å². The fraction of sp³-hybridized carbons (Fsp3) is 0. The third kappa shape index (κ3) is 4.31. The van der Waals surface area contributed by atoms with Crippen molar-refractivity contribution >= 4 is 41.0 Å². The standard InChI is InChI=1S/C11H9N3O7/c12-7(15)4-1-5(13-8(16)10(18)19)3-6(2-4)14-9(17)11(20)21/h1-3H,(H2,12,15)(H,13,16)(H,14,17)(H,18,19)(H,20,21)/p-2. The number of benzene rings is 1. The third-order valence-electron chi connectivity index (χ3n) is 2.10. The van der Waals surface area contributed by atoms with Crippen LogP contribution in [-0.2, 0) is 19.2 Å². The highest BCUT2D eigenvalue weighted by atomic mass is 16.4. The van der Waals surface area contributed by atoms with Crippen molar-refractivity contribution in [3.63, 3.8) is 0 Å². The predicted octanol–water partition coefficient (Wildman–Crippen LogP) is -3.84. The maximum absolute atomic E-state index is 11.1. The van der Waals surface area contributed by atoms with Gasteiger partial charge in [-0.1, -0.05) is 0 Å². The first-order chi connectivity index (χ1) is 9.70. The first-order valence-corrected chi connectivity index (χ1v) is 5.20. The van der Waals surface area contributed by atoms with Crippen molar-refractivity contribution in [2.45, 2.75) is 0 Å². The number of hydrogen-bond acceptors (Lipinski definition) is 7. The molecule has 1 rings (SSSR count). The Bertz CT molecular complexity index is 607. The summed E-state index contributed by atoms with van der Waals surface area (Å²) in [5.74, 6) is -8.02. The van der Waals surface area contributed by atoms with Gasteiger partial charge < -0.3 is 36.2 Å². The summed E-state index contributed by atoms with van der Waals surface area (Å²) in [6, 6.07) is 3.06. The predicted molar refractivity (Wildman–Crippen MR) is 62.2 cm³/mol. The number of rotatable bonds is 3. The van der Waals surface area contributed by atoms with Crippen LogP contribution in [0.1, 0.15) is 10.4 Å². The van der Waals surface area contributed by atoms with E-state index in [1.807, 2.05) is 10.6 Å². The average Bonchev–Trinajstić information content (AvgIpc) is 2.37. The smallest absolute Gasteiger partial charge is 0.271 e. The second-order valence-corrected chi connectivity index (χ2v) is 3.65. The number of carbonyl (C=O) groups is 5. The SMILES string of the molecule is NC(=O)c1cc(NC(=O)C(=O)[O-])cc(NC(=O)C(=O)[O-])c1. The lowest BCUT2D eigenvalue weighted by Crippen LogP contribution is -2.37. The lowest BCUT2D eigenvalue weighted by atomic mass is 10.1. The average molecular weight is 293 g/mol. The van der Waals surface area contributed by atoms with E-state index in [2.05, 4.69) is 0 Å². The zero-order chi connectivity index (χ0) is 16.2. The zero-order valence-corrected chi connectivity index (χ0v) is 10.2. The minimum atomic E-state index is -2.03. The molecule has 0 radical (unpaired) electrons. The summed E-state index contributed by atoms with van der Waals surface area (Å²) in [4.78, 5) is 53.6. The Balaban J connectivity index is 3.14. The van der Waals surface area contributed by atoms with E-state index < -0.39 is 29.7 Å². The second kappa shape index (κ2) is 6.14. The molecule has 21 heavy (non-hydrogen) atoms. The van der Waals surface area contributed by atoms with Crippen molar-refractivity contribution in [3.8, 4) is 0 Å². The Morgan fingerprint density at radius 1 is 0.810 bits per heavy atom. The quantitative estimate of drug-likeness (QED) is 0.476. The van der Waals surface area contributed by atoms with Gasteiger partial charge in [-0.3, -0.25) is 14.4 Å². The van der Waals surface area contributed by atoms with Crippen LogP contribution in [0.25, 0.3) is 0 Å².